The van der Waals surface area contributed by atoms with Gasteiger partial charge in [-0.15, -0.1) is 0 Å². The number of aliphatic carboxylic acids is 1. The second-order valence-electron chi connectivity index (χ2n) is 10.1. The Morgan fingerprint density at radius 3 is 2.08 bits per heavy atom. The third kappa shape index (κ3) is 5.38. The highest BCUT2D eigenvalue weighted by Gasteiger charge is 2.52. The minimum absolute atomic E-state index is 0.0214. The van der Waals surface area contributed by atoms with Gasteiger partial charge in [-0.2, -0.15) is 0 Å². The molecule has 0 amide bonds. The van der Waals surface area contributed by atoms with Crippen LogP contribution in [0.2, 0.25) is 18.1 Å². The Morgan fingerprint density at radius 1 is 1.20 bits per heavy atom. The van der Waals surface area contributed by atoms with Gasteiger partial charge in [0.1, 0.15) is 6.29 Å². The summed E-state index contributed by atoms with van der Waals surface area (Å²) in [5.74, 6) is -1.53. The standard InChI is InChI=1S/C19H36O5Si/c1-17(2,3)23-15-10-13(16(21)22)14(11-19(15,7)12-20)24-25(8,9)18(4,5)6/h12-15H,10-11H2,1-9H3,(H,21,22)/t13-,14+,15+,19+/m1/s1. The van der Waals surface area contributed by atoms with Gasteiger partial charge in [0, 0.05) is 0 Å². The monoisotopic (exact) mass is 372 g/mol. The summed E-state index contributed by atoms with van der Waals surface area (Å²) in [6.07, 6.45) is 0.699. The van der Waals surface area contributed by atoms with Gasteiger partial charge in [0.25, 0.3) is 0 Å². The van der Waals surface area contributed by atoms with Crippen LogP contribution in [0.25, 0.3) is 0 Å². The predicted octanol–water partition coefficient (Wildman–Crippen LogP) is 4.26. The van der Waals surface area contributed by atoms with Crippen molar-refractivity contribution in [3.63, 3.8) is 0 Å². The molecule has 1 aliphatic carbocycles. The first-order valence-electron chi connectivity index (χ1n) is 9.07. The minimum Gasteiger partial charge on any atom is -0.481 e. The summed E-state index contributed by atoms with van der Waals surface area (Å²) in [6.45, 7) is 18.2. The van der Waals surface area contributed by atoms with Crippen LogP contribution in [0, 0.1) is 11.3 Å². The van der Waals surface area contributed by atoms with Gasteiger partial charge in [-0.3, -0.25) is 4.79 Å². The zero-order valence-corrected chi connectivity index (χ0v) is 18.3. The fourth-order valence-electron chi connectivity index (χ4n) is 3.03. The molecule has 1 N–H and O–H groups in total. The van der Waals surface area contributed by atoms with Crippen LogP contribution in [0.1, 0.15) is 61.3 Å². The fourth-order valence-corrected chi connectivity index (χ4v) is 4.39. The lowest BCUT2D eigenvalue weighted by Gasteiger charge is -2.49. The van der Waals surface area contributed by atoms with Crippen molar-refractivity contribution in [1.82, 2.24) is 0 Å². The van der Waals surface area contributed by atoms with Gasteiger partial charge in [0.05, 0.1) is 29.1 Å². The van der Waals surface area contributed by atoms with E-state index in [0.717, 1.165) is 6.29 Å². The molecule has 4 atom stereocenters. The van der Waals surface area contributed by atoms with Gasteiger partial charge >= 0.3 is 5.97 Å². The molecule has 5 nitrogen and oxygen atoms in total. The Kier molecular flexibility index (Phi) is 6.36. The highest BCUT2D eigenvalue weighted by atomic mass is 28.4. The molecule has 0 aliphatic heterocycles. The number of rotatable bonds is 5. The maximum absolute atomic E-state index is 11.9. The molecule has 0 aromatic rings. The molecule has 1 aliphatic rings. The van der Waals surface area contributed by atoms with E-state index in [-0.39, 0.29) is 5.04 Å². The number of carbonyl (C=O) groups excluding carboxylic acids is 1. The lowest BCUT2D eigenvalue weighted by atomic mass is 9.68. The summed E-state index contributed by atoms with van der Waals surface area (Å²) < 4.78 is 12.5. The third-order valence-electron chi connectivity index (χ3n) is 5.63. The Labute approximate surface area is 153 Å². The predicted molar refractivity (Wildman–Crippen MR) is 101 cm³/mol. The average Bonchev–Trinajstić information content (AvgIpc) is 2.38. The average molecular weight is 373 g/mol. The number of hydrogen-bond donors (Lipinski definition) is 1. The van der Waals surface area contributed by atoms with Crippen molar-refractivity contribution >= 4 is 20.6 Å². The highest BCUT2D eigenvalue weighted by Crippen LogP contribution is 2.46. The molecular weight excluding hydrogens is 336 g/mol. The molecule has 1 rings (SSSR count). The first-order valence-corrected chi connectivity index (χ1v) is 12.0. The van der Waals surface area contributed by atoms with Crippen LogP contribution in [0.4, 0.5) is 0 Å². The Bertz CT molecular complexity index is 503. The van der Waals surface area contributed by atoms with Gasteiger partial charge < -0.3 is 19.1 Å². The Morgan fingerprint density at radius 2 is 1.72 bits per heavy atom. The van der Waals surface area contributed by atoms with E-state index in [4.69, 9.17) is 9.16 Å². The number of carbonyl (C=O) groups is 2. The molecule has 25 heavy (non-hydrogen) atoms. The number of carboxylic acids is 1. The maximum atomic E-state index is 11.9. The molecule has 1 saturated carbocycles. The van der Waals surface area contributed by atoms with E-state index in [2.05, 4.69) is 33.9 Å². The molecule has 0 bridgehead atoms. The van der Waals surface area contributed by atoms with Gasteiger partial charge in [-0.25, -0.2) is 0 Å². The third-order valence-corrected chi connectivity index (χ3v) is 10.1. The van der Waals surface area contributed by atoms with E-state index in [1.807, 2.05) is 27.7 Å². The lowest BCUT2D eigenvalue weighted by Crippen LogP contribution is -2.55. The molecule has 0 unspecified atom stereocenters. The second-order valence-corrected chi connectivity index (χ2v) is 14.9. The quantitative estimate of drug-likeness (QED) is 0.576. The van der Waals surface area contributed by atoms with E-state index in [1.165, 1.54) is 0 Å². The molecule has 0 heterocycles. The van der Waals surface area contributed by atoms with Crippen molar-refractivity contribution in [2.24, 2.45) is 11.3 Å². The zero-order valence-electron chi connectivity index (χ0n) is 17.3. The summed E-state index contributed by atoms with van der Waals surface area (Å²) in [5.41, 5.74) is -1.18. The fraction of sp³-hybridized carbons (Fsp3) is 0.895. The minimum atomic E-state index is -2.14. The second kappa shape index (κ2) is 7.12. The van der Waals surface area contributed by atoms with Crippen molar-refractivity contribution in [2.75, 3.05) is 0 Å². The smallest absolute Gasteiger partial charge is 0.309 e. The van der Waals surface area contributed by atoms with E-state index in [9.17, 15) is 14.7 Å². The van der Waals surface area contributed by atoms with Crippen molar-refractivity contribution < 1.29 is 23.9 Å². The maximum Gasteiger partial charge on any atom is 0.309 e. The number of hydrogen-bond acceptors (Lipinski definition) is 4. The summed E-state index contributed by atoms with van der Waals surface area (Å²) in [6, 6.07) is 0. The van der Waals surface area contributed by atoms with Gasteiger partial charge in [0.2, 0.25) is 0 Å². The normalized spacial score (nSPS) is 31.6. The summed E-state index contributed by atoms with van der Waals surface area (Å²) in [5, 5.41) is 9.74. The van der Waals surface area contributed by atoms with Crippen molar-refractivity contribution in [2.45, 2.75) is 97.2 Å². The van der Waals surface area contributed by atoms with Gasteiger partial charge in [-0.1, -0.05) is 27.7 Å². The van der Waals surface area contributed by atoms with E-state index in [1.54, 1.807) is 0 Å². The van der Waals surface area contributed by atoms with Crippen LogP contribution in [-0.4, -0.2) is 43.5 Å². The molecule has 0 radical (unpaired) electrons. The largest absolute Gasteiger partial charge is 0.481 e. The zero-order chi connectivity index (χ0) is 19.8. The Balaban J connectivity index is 3.16. The van der Waals surface area contributed by atoms with E-state index >= 15 is 0 Å². The van der Waals surface area contributed by atoms with Crippen LogP contribution in [0.15, 0.2) is 0 Å². The number of carboxylic acid groups (broad SMARTS) is 1. The summed E-state index contributed by atoms with van der Waals surface area (Å²) in [4.78, 5) is 23.8. The van der Waals surface area contributed by atoms with E-state index < -0.39 is 43.4 Å². The number of aldehydes is 1. The first kappa shape index (κ1) is 22.3. The molecule has 0 spiro atoms. The molecule has 0 saturated heterocycles. The van der Waals surface area contributed by atoms with E-state index in [0.29, 0.717) is 12.8 Å². The van der Waals surface area contributed by atoms with Gasteiger partial charge in [0.15, 0.2) is 8.32 Å². The first-order chi connectivity index (χ1) is 11.0. The topological polar surface area (TPSA) is 72.8 Å². The summed E-state index contributed by atoms with van der Waals surface area (Å²) >= 11 is 0. The van der Waals surface area contributed by atoms with Crippen LogP contribution in [-0.2, 0) is 18.8 Å². The molecule has 0 aromatic heterocycles. The van der Waals surface area contributed by atoms with Crippen LogP contribution < -0.4 is 0 Å². The Hall–Kier alpha value is -0.723. The van der Waals surface area contributed by atoms with Gasteiger partial charge in [-0.05, 0) is 51.7 Å². The molecule has 146 valence electrons. The lowest BCUT2D eigenvalue weighted by molar-refractivity contribution is -0.176. The van der Waals surface area contributed by atoms with Crippen molar-refractivity contribution in [3.8, 4) is 0 Å². The molecule has 0 aromatic carbocycles. The van der Waals surface area contributed by atoms with Crippen LogP contribution in [0.5, 0.6) is 0 Å². The van der Waals surface area contributed by atoms with Crippen LogP contribution >= 0.6 is 0 Å². The SMILES string of the molecule is CC(C)(C)O[C@H]1C[C@@H](C(=O)O)[C@@H](O[Si](C)(C)C(C)(C)C)C[C@@]1(C)C=O. The van der Waals surface area contributed by atoms with Crippen molar-refractivity contribution in [3.05, 3.63) is 0 Å². The molecule has 6 heteroatoms. The molecular formula is C19H36O5Si. The molecule has 1 fully saturated rings. The van der Waals surface area contributed by atoms with Crippen LogP contribution in [0.3, 0.4) is 0 Å². The summed E-state index contributed by atoms with van der Waals surface area (Å²) in [7, 11) is -2.14. The number of ether oxygens (including phenoxy) is 1. The van der Waals surface area contributed by atoms with Crippen molar-refractivity contribution in [1.29, 1.82) is 0 Å². The highest BCUT2D eigenvalue weighted by molar-refractivity contribution is 6.74.